The van der Waals surface area contributed by atoms with Gasteiger partial charge in [-0.2, -0.15) is 0 Å². The molecule has 1 aromatic rings. The molecule has 1 unspecified atom stereocenters. The Morgan fingerprint density at radius 1 is 1.56 bits per heavy atom. The van der Waals surface area contributed by atoms with Crippen LogP contribution in [0.25, 0.3) is 0 Å². The van der Waals surface area contributed by atoms with Crippen LogP contribution >= 0.6 is 11.6 Å². The molecule has 0 saturated carbocycles. The normalized spacial score (nSPS) is 18.8. The lowest BCUT2D eigenvalue weighted by atomic mass is 10.1. The zero-order chi connectivity index (χ0) is 13.0. The summed E-state index contributed by atoms with van der Waals surface area (Å²) in [6, 6.07) is 4.79. The Hall–Kier alpha value is -1.33. The average molecular weight is 272 g/mol. The number of halogens is 1. The summed E-state index contributed by atoms with van der Waals surface area (Å²) in [5, 5.41) is 10.9. The molecule has 1 heterocycles. The number of benzene rings is 1. The van der Waals surface area contributed by atoms with Gasteiger partial charge in [0.15, 0.2) is 5.75 Å². The van der Waals surface area contributed by atoms with Crippen molar-refractivity contribution in [3.05, 3.63) is 33.9 Å². The third-order valence-corrected chi connectivity index (χ3v) is 3.18. The predicted molar refractivity (Wildman–Crippen MR) is 67.1 cm³/mol. The minimum absolute atomic E-state index is 0.0351. The minimum atomic E-state index is -0.448. The van der Waals surface area contributed by atoms with Gasteiger partial charge in [-0.25, -0.2) is 0 Å². The van der Waals surface area contributed by atoms with Crippen molar-refractivity contribution in [3.8, 4) is 5.75 Å². The largest absolute Gasteiger partial charge is 0.486 e. The molecule has 2 rings (SSSR count). The summed E-state index contributed by atoms with van der Waals surface area (Å²) in [7, 11) is 0. The second-order valence-corrected chi connectivity index (χ2v) is 4.50. The highest BCUT2D eigenvalue weighted by Crippen LogP contribution is 2.29. The van der Waals surface area contributed by atoms with Gasteiger partial charge in [0.05, 0.1) is 18.1 Å². The van der Waals surface area contributed by atoms with Gasteiger partial charge in [0, 0.05) is 24.5 Å². The monoisotopic (exact) mass is 271 g/mol. The quantitative estimate of drug-likeness (QED) is 0.469. The Labute approximate surface area is 110 Å². The summed E-state index contributed by atoms with van der Waals surface area (Å²) in [4.78, 5) is 10.5. The molecule has 0 N–H and O–H groups in total. The van der Waals surface area contributed by atoms with E-state index < -0.39 is 4.92 Å². The number of nitrogens with zero attached hydrogens (tertiary/aromatic N) is 1. The Morgan fingerprint density at radius 2 is 2.39 bits per heavy atom. The number of hydrogen-bond donors (Lipinski definition) is 0. The van der Waals surface area contributed by atoms with Gasteiger partial charge < -0.3 is 9.47 Å². The van der Waals surface area contributed by atoms with Gasteiger partial charge in [0.1, 0.15) is 0 Å². The Kier molecular flexibility index (Phi) is 4.38. The average Bonchev–Trinajstić information content (AvgIpc) is 2.89. The number of alkyl halides is 1. The van der Waals surface area contributed by atoms with Crippen molar-refractivity contribution in [2.45, 2.75) is 12.3 Å². The summed E-state index contributed by atoms with van der Waals surface area (Å²) < 4.78 is 10.7. The first-order valence-corrected chi connectivity index (χ1v) is 6.28. The lowest BCUT2D eigenvalue weighted by Gasteiger charge is -2.10. The summed E-state index contributed by atoms with van der Waals surface area (Å²) in [6.07, 6.45) is 0.938. The van der Waals surface area contributed by atoms with Crippen LogP contribution in [0.4, 0.5) is 5.69 Å². The van der Waals surface area contributed by atoms with E-state index in [2.05, 4.69) is 0 Å². The second-order valence-electron chi connectivity index (χ2n) is 4.23. The first kappa shape index (κ1) is 13.1. The molecule has 1 aliphatic heterocycles. The van der Waals surface area contributed by atoms with E-state index in [1.54, 1.807) is 12.1 Å². The Bertz CT molecular complexity index is 432. The molecule has 98 valence electrons. The highest BCUT2D eigenvalue weighted by atomic mass is 35.5. The van der Waals surface area contributed by atoms with E-state index in [9.17, 15) is 10.1 Å². The van der Waals surface area contributed by atoms with E-state index in [0.29, 0.717) is 30.4 Å². The molecule has 1 aromatic carbocycles. The van der Waals surface area contributed by atoms with Gasteiger partial charge in [0.2, 0.25) is 0 Å². The maximum absolute atomic E-state index is 10.9. The molecule has 6 heteroatoms. The zero-order valence-electron chi connectivity index (χ0n) is 9.80. The van der Waals surface area contributed by atoms with Crippen molar-refractivity contribution in [1.82, 2.24) is 0 Å². The van der Waals surface area contributed by atoms with Gasteiger partial charge in [0.25, 0.3) is 0 Å². The van der Waals surface area contributed by atoms with Crippen LogP contribution in [0.15, 0.2) is 18.2 Å². The molecule has 18 heavy (non-hydrogen) atoms. The van der Waals surface area contributed by atoms with Gasteiger partial charge in [-0.15, -0.1) is 11.6 Å². The Balaban J connectivity index is 2.08. The maximum Gasteiger partial charge on any atom is 0.311 e. The highest BCUT2D eigenvalue weighted by molar-refractivity contribution is 6.17. The molecule has 1 aliphatic rings. The molecule has 0 spiro atoms. The molecular weight excluding hydrogens is 258 g/mol. The van der Waals surface area contributed by atoms with Crippen molar-refractivity contribution in [2.24, 2.45) is 5.92 Å². The van der Waals surface area contributed by atoms with Crippen molar-refractivity contribution in [3.63, 3.8) is 0 Å². The van der Waals surface area contributed by atoms with Gasteiger partial charge in [-0.05, 0) is 18.1 Å². The van der Waals surface area contributed by atoms with E-state index in [-0.39, 0.29) is 11.6 Å². The molecule has 0 aromatic heterocycles. The molecular formula is C12H14ClNO4. The van der Waals surface area contributed by atoms with Crippen LogP contribution in [0.2, 0.25) is 0 Å². The third kappa shape index (κ3) is 3.11. The maximum atomic E-state index is 10.9. The fraction of sp³-hybridized carbons (Fsp3) is 0.500. The van der Waals surface area contributed by atoms with Crippen molar-refractivity contribution in [1.29, 1.82) is 0 Å². The Morgan fingerprint density at radius 3 is 3.00 bits per heavy atom. The highest BCUT2D eigenvalue weighted by Gasteiger charge is 2.20. The topological polar surface area (TPSA) is 61.6 Å². The standard InChI is InChI=1S/C12H14ClNO4/c13-6-9-1-2-12(11(5-9)14(15)16)18-8-10-3-4-17-7-10/h1-2,5,10H,3-4,6-8H2. The van der Waals surface area contributed by atoms with Gasteiger partial charge >= 0.3 is 5.69 Å². The van der Waals surface area contributed by atoms with Crippen LogP contribution in [0.5, 0.6) is 5.75 Å². The lowest BCUT2D eigenvalue weighted by Crippen LogP contribution is -2.12. The first-order valence-electron chi connectivity index (χ1n) is 5.74. The lowest BCUT2D eigenvalue weighted by molar-refractivity contribution is -0.386. The molecule has 0 bridgehead atoms. The van der Waals surface area contributed by atoms with Crippen molar-refractivity contribution < 1.29 is 14.4 Å². The van der Waals surface area contributed by atoms with Crippen LogP contribution in [0, 0.1) is 16.0 Å². The van der Waals surface area contributed by atoms with Crippen molar-refractivity contribution in [2.75, 3.05) is 19.8 Å². The van der Waals surface area contributed by atoms with Crippen LogP contribution in [0.1, 0.15) is 12.0 Å². The fourth-order valence-corrected chi connectivity index (χ4v) is 2.00. The fourth-order valence-electron chi connectivity index (χ4n) is 1.83. The van der Waals surface area contributed by atoms with Crippen LogP contribution in [-0.4, -0.2) is 24.7 Å². The van der Waals surface area contributed by atoms with E-state index in [1.165, 1.54) is 6.07 Å². The summed E-state index contributed by atoms with van der Waals surface area (Å²) in [5.74, 6) is 0.857. The number of ether oxygens (including phenoxy) is 2. The van der Waals surface area contributed by atoms with Crippen molar-refractivity contribution >= 4 is 17.3 Å². The number of hydrogen-bond acceptors (Lipinski definition) is 4. The number of nitro groups is 1. The molecule has 1 fully saturated rings. The molecule has 0 radical (unpaired) electrons. The first-order chi connectivity index (χ1) is 8.70. The molecule has 1 saturated heterocycles. The molecule has 5 nitrogen and oxygen atoms in total. The smallest absolute Gasteiger partial charge is 0.311 e. The van der Waals surface area contributed by atoms with Crippen LogP contribution in [-0.2, 0) is 10.6 Å². The van der Waals surface area contributed by atoms with Gasteiger partial charge in [-0.1, -0.05) is 6.07 Å². The van der Waals surface area contributed by atoms with Crippen LogP contribution in [0.3, 0.4) is 0 Å². The zero-order valence-corrected chi connectivity index (χ0v) is 10.6. The third-order valence-electron chi connectivity index (χ3n) is 2.87. The summed E-state index contributed by atoms with van der Waals surface area (Å²) in [6.45, 7) is 1.84. The SMILES string of the molecule is O=[N+]([O-])c1cc(CCl)ccc1OCC1CCOC1. The van der Waals surface area contributed by atoms with Gasteiger partial charge in [-0.3, -0.25) is 10.1 Å². The van der Waals surface area contributed by atoms with E-state index in [4.69, 9.17) is 21.1 Å². The number of nitro benzene ring substituents is 1. The van der Waals surface area contributed by atoms with E-state index in [1.807, 2.05) is 0 Å². The molecule has 0 aliphatic carbocycles. The summed E-state index contributed by atoms with van der Waals surface area (Å²) in [5.41, 5.74) is 0.673. The molecule has 0 amide bonds. The second kappa shape index (κ2) is 6.02. The number of rotatable bonds is 5. The molecule has 1 atom stereocenters. The van der Waals surface area contributed by atoms with E-state index in [0.717, 1.165) is 13.0 Å². The predicted octanol–water partition coefficient (Wildman–Crippen LogP) is 2.75. The summed E-state index contributed by atoms with van der Waals surface area (Å²) >= 11 is 5.66. The van der Waals surface area contributed by atoms with E-state index >= 15 is 0 Å². The van der Waals surface area contributed by atoms with Crippen LogP contribution < -0.4 is 4.74 Å². The minimum Gasteiger partial charge on any atom is -0.486 e.